The van der Waals surface area contributed by atoms with E-state index in [4.69, 9.17) is 4.74 Å². The van der Waals surface area contributed by atoms with Crippen LogP contribution >= 0.6 is 0 Å². The molecular weight excluding hydrogens is 236 g/mol. The normalized spacial score (nSPS) is 29.2. The van der Waals surface area contributed by atoms with E-state index < -0.39 is 5.60 Å². The first-order valence-electron chi connectivity index (χ1n) is 7.43. The zero-order valence-electron chi connectivity index (χ0n) is 12.0. The Bertz CT molecular complexity index is 478. The van der Waals surface area contributed by atoms with Crippen LogP contribution in [0.1, 0.15) is 49.8 Å². The lowest BCUT2D eigenvalue weighted by atomic mass is 9.80. The van der Waals surface area contributed by atoms with Crippen LogP contribution in [0.5, 0.6) is 0 Å². The summed E-state index contributed by atoms with van der Waals surface area (Å²) in [5.74, 6) is 0. The maximum absolute atomic E-state index is 10.8. The van der Waals surface area contributed by atoms with E-state index in [-0.39, 0.29) is 5.60 Å². The van der Waals surface area contributed by atoms with Crippen molar-refractivity contribution >= 4 is 0 Å². The molecule has 3 rings (SSSR count). The molecule has 0 bridgehead atoms. The zero-order valence-corrected chi connectivity index (χ0v) is 12.0. The molecule has 1 unspecified atom stereocenters. The predicted octanol–water partition coefficient (Wildman–Crippen LogP) is 3.04. The van der Waals surface area contributed by atoms with Crippen LogP contribution in [-0.4, -0.2) is 22.9 Å². The Balaban J connectivity index is 1.77. The van der Waals surface area contributed by atoms with Gasteiger partial charge in [-0.3, -0.25) is 0 Å². The van der Waals surface area contributed by atoms with E-state index in [0.717, 1.165) is 19.3 Å². The summed E-state index contributed by atoms with van der Waals surface area (Å²) >= 11 is 0. The number of fused-ring (bicyclic) bond motifs is 1. The molecule has 1 N–H and O–H groups in total. The number of aliphatic hydroxyl groups is 1. The van der Waals surface area contributed by atoms with E-state index in [0.29, 0.717) is 6.61 Å². The van der Waals surface area contributed by atoms with Gasteiger partial charge in [-0.2, -0.15) is 0 Å². The molecule has 1 aliphatic heterocycles. The smallest absolute Gasteiger partial charge is 0.0737 e. The summed E-state index contributed by atoms with van der Waals surface area (Å²) in [6, 6.07) is 6.76. The molecule has 0 saturated carbocycles. The van der Waals surface area contributed by atoms with Crippen LogP contribution in [0.4, 0.5) is 0 Å². The molecule has 1 heterocycles. The average molecular weight is 260 g/mol. The van der Waals surface area contributed by atoms with E-state index in [1.165, 1.54) is 36.0 Å². The van der Waals surface area contributed by atoms with Gasteiger partial charge in [0.05, 0.1) is 17.8 Å². The van der Waals surface area contributed by atoms with Crippen LogP contribution in [0.25, 0.3) is 0 Å². The zero-order chi connectivity index (χ0) is 13.5. The van der Waals surface area contributed by atoms with Crippen molar-refractivity contribution in [3.8, 4) is 0 Å². The lowest BCUT2D eigenvalue weighted by Gasteiger charge is -2.41. The Morgan fingerprint density at radius 2 is 2.00 bits per heavy atom. The summed E-state index contributed by atoms with van der Waals surface area (Å²) in [5, 5.41) is 10.8. The van der Waals surface area contributed by atoms with Crippen molar-refractivity contribution in [2.45, 2.75) is 63.6 Å². The first-order valence-corrected chi connectivity index (χ1v) is 7.43. The van der Waals surface area contributed by atoms with Crippen LogP contribution in [0, 0.1) is 0 Å². The van der Waals surface area contributed by atoms with Crippen molar-refractivity contribution in [1.82, 2.24) is 0 Å². The van der Waals surface area contributed by atoms with Crippen LogP contribution in [0.15, 0.2) is 18.2 Å². The summed E-state index contributed by atoms with van der Waals surface area (Å²) in [5.41, 5.74) is 3.47. The van der Waals surface area contributed by atoms with Gasteiger partial charge in [-0.25, -0.2) is 0 Å². The first kappa shape index (κ1) is 13.1. The highest BCUT2D eigenvalue weighted by Gasteiger charge is 2.39. The van der Waals surface area contributed by atoms with Gasteiger partial charge in [-0.05, 0) is 56.2 Å². The minimum Gasteiger partial charge on any atom is -0.389 e. The van der Waals surface area contributed by atoms with E-state index in [1.54, 1.807) is 0 Å². The summed E-state index contributed by atoms with van der Waals surface area (Å²) in [6.07, 6.45) is 5.93. The largest absolute Gasteiger partial charge is 0.389 e. The third-order valence-electron chi connectivity index (χ3n) is 4.51. The highest BCUT2D eigenvalue weighted by molar-refractivity contribution is 5.35. The minimum atomic E-state index is -0.603. The fourth-order valence-corrected chi connectivity index (χ4v) is 3.72. The molecule has 2 heteroatoms. The van der Waals surface area contributed by atoms with E-state index in [2.05, 4.69) is 32.0 Å². The summed E-state index contributed by atoms with van der Waals surface area (Å²) in [4.78, 5) is 0. The molecule has 0 radical (unpaired) electrons. The minimum absolute atomic E-state index is 0.205. The summed E-state index contributed by atoms with van der Waals surface area (Å²) in [7, 11) is 0. The Kier molecular flexibility index (Phi) is 3.18. The van der Waals surface area contributed by atoms with Crippen LogP contribution in [0.3, 0.4) is 0 Å². The monoisotopic (exact) mass is 260 g/mol. The number of hydrogen-bond acceptors (Lipinski definition) is 2. The average Bonchev–Trinajstić information content (AvgIpc) is 2.73. The number of hydrogen-bond donors (Lipinski definition) is 1. The van der Waals surface area contributed by atoms with Crippen LogP contribution in [0.2, 0.25) is 0 Å². The molecule has 1 fully saturated rings. The van der Waals surface area contributed by atoms with Crippen molar-refractivity contribution in [2.24, 2.45) is 0 Å². The molecular formula is C17H24O2. The standard InChI is InChI=1S/C17H24O2/c1-16(2)12-17(18,8-9-19-16)11-13-6-7-14-4-3-5-15(14)10-13/h6-7,10,18H,3-5,8-9,11-12H2,1-2H3. The second-order valence-corrected chi connectivity index (χ2v) is 6.89. The van der Waals surface area contributed by atoms with Gasteiger partial charge in [0.25, 0.3) is 0 Å². The van der Waals surface area contributed by atoms with Gasteiger partial charge in [-0.15, -0.1) is 0 Å². The summed E-state index contributed by atoms with van der Waals surface area (Å²) in [6.45, 7) is 4.80. The highest BCUT2D eigenvalue weighted by atomic mass is 16.5. The predicted molar refractivity (Wildman–Crippen MR) is 76.4 cm³/mol. The van der Waals surface area contributed by atoms with Gasteiger partial charge < -0.3 is 9.84 Å². The van der Waals surface area contributed by atoms with Crippen molar-refractivity contribution in [1.29, 1.82) is 0 Å². The van der Waals surface area contributed by atoms with Crippen molar-refractivity contribution in [2.75, 3.05) is 6.61 Å². The molecule has 0 aromatic heterocycles. The molecule has 2 nitrogen and oxygen atoms in total. The fraction of sp³-hybridized carbons (Fsp3) is 0.647. The molecule has 1 saturated heterocycles. The Labute approximate surface area is 115 Å². The van der Waals surface area contributed by atoms with Gasteiger partial charge in [-0.1, -0.05) is 18.2 Å². The van der Waals surface area contributed by atoms with Gasteiger partial charge in [0.15, 0.2) is 0 Å². The van der Waals surface area contributed by atoms with Crippen molar-refractivity contribution < 1.29 is 9.84 Å². The molecule has 0 spiro atoms. The number of rotatable bonds is 2. The van der Waals surface area contributed by atoms with E-state index in [9.17, 15) is 5.11 Å². The second kappa shape index (κ2) is 4.60. The number of benzene rings is 1. The number of ether oxygens (including phenoxy) is 1. The van der Waals surface area contributed by atoms with Gasteiger partial charge >= 0.3 is 0 Å². The van der Waals surface area contributed by atoms with Crippen LogP contribution < -0.4 is 0 Å². The van der Waals surface area contributed by atoms with Gasteiger partial charge in [0.2, 0.25) is 0 Å². The molecule has 1 atom stereocenters. The quantitative estimate of drug-likeness (QED) is 0.885. The second-order valence-electron chi connectivity index (χ2n) is 6.89. The van der Waals surface area contributed by atoms with Gasteiger partial charge in [0, 0.05) is 12.8 Å². The van der Waals surface area contributed by atoms with E-state index >= 15 is 0 Å². The molecule has 1 aromatic rings. The molecule has 19 heavy (non-hydrogen) atoms. The lowest BCUT2D eigenvalue weighted by molar-refractivity contribution is -0.143. The maximum Gasteiger partial charge on any atom is 0.0737 e. The molecule has 1 aliphatic carbocycles. The van der Waals surface area contributed by atoms with Crippen molar-refractivity contribution in [3.05, 3.63) is 34.9 Å². The number of aryl methyl sites for hydroxylation is 2. The topological polar surface area (TPSA) is 29.5 Å². The fourth-order valence-electron chi connectivity index (χ4n) is 3.72. The molecule has 2 aliphatic rings. The Morgan fingerprint density at radius 1 is 1.21 bits per heavy atom. The molecule has 104 valence electrons. The first-order chi connectivity index (χ1) is 8.96. The van der Waals surface area contributed by atoms with Crippen LogP contribution in [-0.2, 0) is 24.0 Å². The Morgan fingerprint density at radius 3 is 2.79 bits per heavy atom. The SMILES string of the molecule is CC1(C)CC(O)(Cc2ccc3c(c2)CCC3)CCO1. The third kappa shape index (κ3) is 2.85. The summed E-state index contributed by atoms with van der Waals surface area (Å²) < 4.78 is 5.71. The molecule has 1 aromatic carbocycles. The Hall–Kier alpha value is -0.860. The van der Waals surface area contributed by atoms with Gasteiger partial charge in [0.1, 0.15) is 0 Å². The highest BCUT2D eigenvalue weighted by Crippen LogP contribution is 2.35. The van der Waals surface area contributed by atoms with E-state index in [1.807, 2.05) is 0 Å². The lowest BCUT2D eigenvalue weighted by Crippen LogP contribution is -2.47. The molecule has 0 amide bonds. The van der Waals surface area contributed by atoms with Crippen molar-refractivity contribution in [3.63, 3.8) is 0 Å². The third-order valence-corrected chi connectivity index (χ3v) is 4.51. The maximum atomic E-state index is 10.8.